The summed E-state index contributed by atoms with van der Waals surface area (Å²) in [5, 5.41) is 10.4. The van der Waals surface area contributed by atoms with Crippen molar-refractivity contribution in [3.8, 4) is 0 Å². The van der Waals surface area contributed by atoms with Gasteiger partial charge in [0.05, 0.1) is 12.7 Å². The molecular formula is C12H23N5O2. The number of nitrogens with one attached hydrogen (secondary N) is 1. The van der Waals surface area contributed by atoms with Crippen LogP contribution >= 0.6 is 0 Å². The summed E-state index contributed by atoms with van der Waals surface area (Å²) in [6, 6.07) is 0. The third-order valence-corrected chi connectivity index (χ3v) is 2.33. The van der Waals surface area contributed by atoms with Gasteiger partial charge in [0.1, 0.15) is 0 Å². The van der Waals surface area contributed by atoms with Gasteiger partial charge in [0.15, 0.2) is 5.69 Å². The molecule has 19 heavy (non-hydrogen) atoms. The molecule has 7 nitrogen and oxygen atoms in total. The zero-order valence-corrected chi connectivity index (χ0v) is 11.6. The second kappa shape index (κ2) is 8.60. The van der Waals surface area contributed by atoms with E-state index in [9.17, 15) is 4.79 Å². The maximum Gasteiger partial charge on any atom is 0.273 e. The van der Waals surface area contributed by atoms with Crippen LogP contribution in [0, 0.1) is 5.92 Å². The summed E-state index contributed by atoms with van der Waals surface area (Å²) in [6.45, 7) is 7.21. The van der Waals surface area contributed by atoms with Crippen molar-refractivity contribution in [2.75, 3.05) is 26.3 Å². The van der Waals surface area contributed by atoms with Crippen LogP contribution in [0.25, 0.3) is 0 Å². The van der Waals surface area contributed by atoms with Crippen LogP contribution in [0.1, 0.15) is 30.8 Å². The molecule has 0 aliphatic rings. The van der Waals surface area contributed by atoms with Crippen LogP contribution in [0.2, 0.25) is 0 Å². The molecule has 0 fully saturated rings. The molecule has 1 aromatic heterocycles. The van der Waals surface area contributed by atoms with E-state index in [2.05, 4.69) is 29.5 Å². The quantitative estimate of drug-likeness (QED) is 0.617. The number of carbonyl (C=O) groups excluding carboxylic acids is 1. The van der Waals surface area contributed by atoms with Crippen molar-refractivity contribution in [1.29, 1.82) is 0 Å². The van der Waals surface area contributed by atoms with Crippen molar-refractivity contribution in [2.45, 2.75) is 26.8 Å². The van der Waals surface area contributed by atoms with Crippen LogP contribution in [-0.4, -0.2) is 47.2 Å². The molecule has 7 heteroatoms. The SMILES string of the molecule is CC(C)COCCCNC(=O)c1cn(CCN)nn1. The van der Waals surface area contributed by atoms with Crippen LogP contribution in [0.5, 0.6) is 0 Å². The fourth-order valence-electron chi connectivity index (χ4n) is 1.43. The lowest BCUT2D eigenvalue weighted by Gasteiger charge is -2.06. The molecule has 0 spiro atoms. The Morgan fingerprint density at radius 3 is 3.05 bits per heavy atom. The van der Waals surface area contributed by atoms with E-state index >= 15 is 0 Å². The lowest BCUT2D eigenvalue weighted by molar-refractivity contribution is 0.0920. The molecular weight excluding hydrogens is 246 g/mol. The van der Waals surface area contributed by atoms with E-state index in [0.717, 1.165) is 13.0 Å². The Morgan fingerprint density at radius 2 is 2.37 bits per heavy atom. The predicted octanol–water partition coefficient (Wildman–Crippen LogP) is 0.0293. The first-order valence-electron chi connectivity index (χ1n) is 6.59. The summed E-state index contributed by atoms with van der Waals surface area (Å²) >= 11 is 0. The van der Waals surface area contributed by atoms with Crippen LogP contribution in [0.15, 0.2) is 6.20 Å². The molecule has 1 amide bonds. The Balaban J connectivity index is 2.16. The van der Waals surface area contributed by atoms with Crippen molar-refractivity contribution in [3.05, 3.63) is 11.9 Å². The molecule has 0 aliphatic carbocycles. The van der Waals surface area contributed by atoms with E-state index in [1.54, 1.807) is 10.9 Å². The first kappa shape index (κ1) is 15.6. The van der Waals surface area contributed by atoms with E-state index in [0.29, 0.717) is 37.9 Å². The molecule has 0 radical (unpaired) electrons. The van der Waals surface area contributed by atoms with Gasteiger partial charge in [-0.05, 0) is 12.3 Å². The van der Waals surface area contributed by atoms with Gasteiger partial charge in [0.2, 0.25) is 0 Å². The van der Waals surface area contributed by atoms with Gasteiger partial charge < -0.3 is 15.8 Å². The summed E-state index contributed by atoms with van der Waals surface area (Å²) < 4.78 is 6.98. The zero-order valence-electron chi connectivity index (χ0n) is 11.6. The highest BCUT2D eigenvalue weighted by Gasteiger charge is 2.09. The number of carbonyl (C=O) groups is 1. The topological polar surface area (TPSA) is 95.1 Å². The van der Waals surface area contributed by atoms with E-state index < -0.39 is 0 Å². The third-order valence-electron chi connectivity index (χ3n) is 2.33. The van der Waals surface area contributed by atoms with Crippen LogP contribution in [0.4, 0.5) is 0 Å². The van der Waals surface area contributed by atoms with Crippen molar-refractivity contribution >= 4 is 5.91 Å². The first-order chi connectivity index (χ1) is 9.13. The molecule has 1 rings (SSSR count). The van der Waals surface area contributed by atoms with Crippen molar-refractivity contribution in [2.24, 2.45) is 11.7 Å². The number of nitrogens with two attached hydrogens (primary N) is 1. The highest BCUT2D eigenvalue weighted by atomic mass is 16.5. The smallest absolute Gasteiger partial charge is 0.273 e. The standard InChI is InChI=1S/C12H23N5O2/c1-10(2)9-19-7-3-5-14-12(18)11-8-17(6-4-13)16-15-11/h8,10H,3-7,9,13H2,1-2H3,(H,14,18). The normalized spacial score (nSPS) is 10.9. The molecule has 0 unspecified atom stereocenters. The minimum atomic E-state index is -0.216. The summed E-state index contributed by atoms with van der Waals surface area (Å²) in [5.74, 6) is 0.319. The zero-order chi connectivity index (χ0) is 14.1. The number of nitrogens with zero attached hydrogens (tertiary/aromatic N) is 3. The number of hydrogen-bond donors (Lipinski definition) is 2. The predicted molar refractivity (Wildman–Crippen MR) is 71.7 cm³/mol. The molecule has 0 atom stereocenters. The monoisotopic (exact) mass is 269 g/mol. The van der Waals surface area contributed by atoms with Crippen molar-refractivity contribution in [3.63, 3.8) is 0 Å². The summed E-state index contributed by atoms with van der Waals surface area (Å²) in [7, 11) is 0. The molecule has 1 aromatic rings. The molecule has 108 valence electrons. The number of hydrogen-bond acceptors (Lipinski definition) is 5. The first-order valence-corrected chi connectivity index (χ1v) is 6.59. The summed E-state index contributed by atoms with van der Waals surface area (Å²) in [6.07, 6.45) is 2.38. The average Bonchev–Trinajstić information content (AvgIpc) is 2.82. The van der Waals surface area contributed by atoms with Gasteiger partial charge in [-0.15, -0.1) is 5.10 Å². The minimum absolute atomic E-state index is 0.216. The second-order valence-electron chi connectivity index (χ2n) is 4.73. The van der Waals surface area contributed by atoms with Crippen molar-refractivity contribution < 1.29 is 9.53 Å². The summed E-state index contributed by atoms with van der Waals surface area (Å²) in [4.78, 5) is 11.7. The number of aromatic nitrogens is 3. The number of ether oxygens (including phenoxy) is 1. The maximum atomic E-state index is 11.7. The number of rotatable bonds is 9. The Labute approximate surface area is 113 Å². The highest BCUT2D eigenvalue weighted by molar-refractivity contribution is 5.91. The summed E-state index contributed by atoms with van der Waals surface area (Å²) in [5.41, 5.74) is 5.71. The fraction of sp³-hybridized carbons (Fsp3) is 0.750. The third kappa shape index (κ3) is 6.30. The van der Waals surface area contributed by atoms with E-state index in [1.165, 1.54) is 0 Å². The number of amides is 1. The van der Waals surface area contributed by atoms with E-state index in [4.69, 9.17) is 10.5 Å². The van der Waals surface area contributed by atoms with Gasteiger partial charge in [0, 0.05) is 26.3 Å². The van der Waals surface area contributed by atoms with Gasteiger partial charge >= 0.3 is 0 Å². The van der Waals surface area contributed by atoms with Gasteiger partial charge in [0.25, 0.3) is 5.91 Å². The van der Waals surface area contributed by atoms with Crippen LogP contribution in [0.3, 0.4) is 0 Å². The molecule has 0 saturated carbocycles. The van der Waals surface area contributed by atoms with Crippen LogP contribution < -0.4 is 11.1 Å². The molecule has 1 heterocycles. The lowest BCUT2D eigenvalue weighted by atomic mass is 10.2. The van der Waals surface area contributed by atoms with Gasteiger partial charge in [-0.1, -0.05) is 19.1 Å². The largest absolute Gasteiger partial charge is 0.381 e. The Kier molecular flexibility index (Phi) is 7.06. The van der Waals surface area contributed by atoms with Gasteiger partial charge in [-0.2, -0.15) is 0 Å². The Hall–Kier alpha value is -1.47. The van der Waals surface area contributed by atoms with Crippen molar-refractivity contribution in [1.82, 2.24) is 20.3 Å². The average molecular weight is 269 g/mol. The Morgan fingerprint density at radius 1 is 1.58 bits per heavy atom. The van der Waals surface area contributed by atoms with Gasteiger partial charge in [-0.3, -0.25) is 9.48 Å². The maximum absolute atomic E-state index is 11.7. The second-order valence-corrected chi connectivity index (χ2v) is 4.73. The molecule has 0 aliphatic heterocycles. The Bertz CT molecular complexity index is 378. The fourth-order valence-corrected chi connectivity index (χ4v) is 1.43. The highest BCUT2D eigenvalue weighted by Crippen LogP contribution is 1.94. The molecule has 0 saturated heterocycles. The van der Waals surface area contributed by atoms with E-state index in [-0.39, 0.29) is 5.91 Å². The van der Waals surface area contributed by atoms with E-state index in [1.807, 2.05) is 0 Å². The molecule has 0 bridgehead atoms. The lowest BCUT2D eigenvalue weighted by Crippen LogP contribution is -2.25. The molecule has 0 aromatic carbocycles. The minimum Gasteiger partial charge on any atom is -0.381 e. The van der Waals surface area contributed by atoms with Gasteiger partial charge in [-0.25, -0.2) is 0 Å². The molecule has 3 N–H and O–H groups in total. The van der Waals surface area contributed by atoms with Crippen LogP contribution in [-0.2, 0) is 11.3 Å².